The van der Waals surface area contributed by atoms with Crippen molar-refractivity contribution >= 4 is 34.1 Å². The molecule has 0 N–H and O–H groups in total. The van der Waals surface area contributed by atoms with Crippen LogP contribution >= 0.6 is 0 Å². The maximum Gasteiger partial charge on any atom is 0.0727 e. The topological polar surface area (TPSA) is 6.48 Å². The Morgan fingerprint density at radius 3 is 1.09 bits per heavy atom. The molecule has 2 aliphatic carbocycles. The van der Waals surface area contributed by atoms with Gasteiger partial charge in [0, 0.05) is 34.1 Å². The van der Waals surface area contributed by atoms with E-state index in [4.69, 9.17) is 0 Å². The summed E-state index contributed by atoms with van der Waals surface area (Å²) in [5, 5.41) is 0. The number of rotatable bonds is 6. The summed E-state index contributed by atoms with van der Waals surface area (Å²) in [6.45, 7) is 4.34. The van der Waals surface area contributed by atoms with E-state index in [0.29, 0.717) is 0 Å². The number of benzene rings is 8. The van der Waals surface area contributed by atoms with Crippen molar-refractivity contribution in [1.29, 1.82) is 0 Å². The molecule has 2 nitrogen and oxygen atoms in total. The molecule has 252 valence electrons. The van der Waals surface area contributed by atoms with Gasteiger partial charge in [0.2, 0.25) is 0 Å². The van der Waals surface area contributed by atoms with Crippen LogP contribution in [0.15, 0.2) is 194 Å². The number of aryl methyl sites for hydroxylation is 2. The molecule has 0 atom stereocenters. The van der Waals surface area contributed by atoms with Crippen LogP contribution in [0.2, 0.25) is 0 Å². The Hall–Kier alpha value is -6.64. The van der Waals surface area contributed by atoms with E-state index in [1.54, 1.807) is 0 Å². The van der Waals surface area contributed by atoms with E-state index in [0.717, 1.165) is 34.1 Å². The lowest BCUT2D eigenvalue weighted by Gasteiger charge is -2.33. The number of anilines is 6. The fraction of sp³-hybridized carbons (Fsp3) is 0.0588. The van der Waals surface area contributed by atoms with Crippen molar-refractivity contribution < 1.29 is 0 Å². The number of fused-ring (bicyclic) bond motifs is 10. The second-order valence-electron chi connectivity index (χ2n) is 14.3. The van der Waals surface area contributed by atoms with E-state index in [-0.39, 0.29) is 0 Å². The molecule has 0 heterocycles. The van der Waals surface area contributed by atoms with Crippen LogP contribution in [0, 0.1) is 13.8 Å². The standard InChI is InChI=1S/C51H38N2/c1-35-15-13-21-39(31-35)53(40-22-14-16-36(2)32-40)42-28-30-46-45-29-27-41(52(37-17-5-3-6-18-37)38-19-7-4-8-20-38)33-49(45)51(50(46)34-42)47-25-11-9-23-43(47)44-24-10-12-26-48(44)51/h3-34H,1-2H3. The predicted molar refractivity (Wildman–Crippen MR) is 222 cm³/mol. The van der Waals surface area contributed by atoms with Crippen molar-refractivity contribution in [3.05, 3.63) is 228 Å². The fourth-order valence-electron chi connectivity index (χ4n) is 8.98. The lowest BCUT2D eigenvalue weighted by molar-refractivity contribution is 0.793. The number of hydrogen-bond acceptors (Lipinski definition) is 2. The molecule has 0 saturated heterocycles. The van der Waals surface area contributed by atoms with Crippen LogP contribution < -0.4 is 9.80 Å². The molecule has 0 bridgehead atoms. The van der Waals surface area contributed by atoms with E-state index >= 15 is 0 Å². The maximum atomic E-state index is 2.48. The lowest BCUT2D eigenvalue weighted by Crippen LogP contribution is -2.26. The molecule has 2 heteroatoms. The summed E-state index contributed by atoms with van der Waals surface area (Å²) < 4.78 is 0. The van der Waals surface area contributed by atoms with Gasteiger partial charge in [-0.1, -0.05) is 121 Å². The molecule has 53 heavy (non-hydrogen) atoms. The first-order valence-electron chi connectivity index (χ1n) is 18.4. The Morgan fingerprint density at radius 1 is 0.283 bits per heavy atom. The molecule has 0 aromatic heterocycles. The highest BCUT2D eigenvalue weighted by Crippen LogP contribution is 2.64. The summed E-state index contributed by atoms with van der Waals surface area (Å²) in [5.74, 6) is 0. The summed E-state index contributed by atoms with van der Waals surface area (Å²) in [6, 6.07) is 71.5. The van der Waals surface area contributed by atoms with Crippen molar-refractivity contribution in [3.63, 3.8) is 0 Å². The third-order valence-electron chi connectivity index (χ3n) is 11.1. The molecule has 0 saturated carbocycles. The summed E-state index contributed by atoms with van der Waals surface area (Å²) in [4.78, 5) is 4.80. The molecule has 0 unspecified atom stereocenters. The smallest absolute Gasteiger partial charge is 0.0727 e. The van der Waals surface area contributed by atoms with E-state index in [1.165, 1.54) is 55.6 Å². The van der Waals surface area contributed by atoms with Crippen molar-refractivity contribution in [3.8, 4) is 22.3 Å². The van der Waals surface area contributed by atoms with Gasteiger partial charge in [-0.3, -0.25) is 0 Å². The second-order valence-corrected chi connectivity index (χ2v) is 14.3. The predicted octanol–water partition coefficient (Wildman–Crippen LogP) is 13.6. The average Bonchev–Trinajstić information content (AvgIpc) is 3.66. The highest BCUT2D eigenvalue weighted by molar-refractivity contribution is 5.97. The molecule has 8 aromatic carbocycles. The summed E-state index contributed by atoms with van der Waals surface area (Å²) in [5.41, 5.74) is 19.3. The lowest BCUT2D eigenvalue weighted by atomic mass is 9.70. The van der Waals surface area contributed by atoms with Gasteiger partial charge in [-0.05, 0) is 142 Å². The van der Waals surface area contributed by atoms with Crippen LogP contribution in [0.25, 0.3) is 22.3 Å². The Balaban J connectivity index is 1.26. The highest BCUT2D eigenvalue weighted by Gasteiger charge is 2.52. The third kappa shape index (κ3) is 4.80. The van der Waals surface area contributed by atoms with Gasteiger partial charge in [0.25, 0.3) is 0 Å². The highest BCUT2D eigenvalue weighted by atomic mass is 15.1. The zero-order chi connectivity index (χ0) is 35.5. The Morgan fingerprint density at radius 2 is 0.642 bits per heavy atom. The third-order valence-corrected chi connectivity index (χ3v) is 11.1. The van der Waals surface area contributed by atoms with Gasteiger partial charge in [-0.25, -0.2) is 0 Å². The minimum absolute atomic E-state index is 0.506. The maximum absolute atomic E-state index is 2.48. The number of hydrogen-bond donors (Lipinski definition) is 0. The zero-order valence-corrected chi connectivity index (χ0v) is 29.9. The molecule has 0 radical (unpaired) electrons. The minimum Gasteiger partial charge on any atom is -0.310 e. The monoisotopic (exact) mass is 678 g/mol. The molecule has 0 aliphatic heterocycles. The van der Waals surface area contributed by atoms with E-state index < -0.39 is 5.41 Å². The van der Waals surface area contributed by atoms with E-state index in [1.807, 2.05) is 0 Å². The molecule has 10 rings (SSSR count). The van der Waals surface area contributed by atoms with Crippen LogP contribution in [-0.4, -0.2) is 0 Å². The van der Waals surface area contributed by atoms with E-state index in [9.17, 15) is 0 Å². The largest absolute Gasteiger partial charge is 0.310 e. The average molecular weight is 679 g/mol. The molecular formula is C51H38N2. The molecule has 1 spiro atoms. The summed E-state index contributed by atoms with van der Waals surface area (Å²) in [6.07, 6.45) is 0. The quantitative estimate of drug-likeness (QED) is 0.173. The van der Waals surface area contributed by atoms with Crippen LogP contribution in [0.3, 0.4) is 0 Å². The Labute approximate surface area is 311 Å². The van der Waals surface area contributed by atoms with Crippen LogP contribution in [-0.2, 0) is 5.41 Å². The second kappa shape index (κ2) is 12.3. The molecule has 8 aromatic rings. The van der Waals surface area contributed by atoms with Gasteiger partial charge < -0.3 is 9.80 Å². The number of para-hydroxylation sites is 2. The Bertz CT molecular complexity index is 2530. The first kappa shape index (κ1) is 31.1. The van der Waals surface area contributed by atoms with Crippen molar-refractivity contribution in [2.24, 2.45) is 0 Å². The van der Waals surface area contributed by atoms with Gasteiger partial charge in [0.15, 0.2) is 0 Å². The molecular weight excluding hydrogens is 641 g/mol. The van der Waals surface area contributed by atoms with Crippen LogP contribution in [0.4, 0.5) is 34.1 Å². The van der Waals surface area contributed by atoms with Crippen LogP contribution in [0.5, 0.6) is 0 Å². The first-order valence-corrected chi connectivity index (χ1v) is 18.4. The van der Waals surface area contributed by atoms with Gasteiger partial charge in [0.1, 0.15) is 0 Å². The van der Waals surface area contributed by atoms with E-state index in [2.05, 4.69) is 218 Å². The molecule has 0 fully saturated rings. The Kier molecular flexibility index (Phi) is 7.19. The molecule has 0 amide bonds. The fourth-order valence-corrected chi connectivity index (χ4v) is 8.98. The van der Waals surface area contributed by atoms with Gasteiger partial charge in [-0.15, -0.1) is 0 Å². The van der Waals surface area contributed by atoms with Crippen LogP contribution in [0.1, 0.15) is 33.4 Å². The molecule has 2 aliphatic rings. The van der Waals surface area contributed by atoms with Crippen molar-refractivity contribution in [2.45, 2.75) is 19.3 Å². The summed E-state index contributed by atoms with van der Waals surface area (Å²) >= 11 is 0. The zero-order valence-electron chi connectivity index (χ0n) is 29.9. The van der Waals surface area contributed by atoms with Gasteiger partial charge in [0.05, 0.1) is 5.41 Å². The normalized spacial score (nSPS) is 12.9. The van der Waals surface area contributed by atoms with Gasteiger partial charge in [-0.2, -0.15) is 0 Å². The number of nitrogens with zero attached hydrogens (tertiary/aromatic N) is 2. The summed E-state index contributed by atoms with van der Waals surface area (Å²) in [7, 11) is 0. The van der Waals surface area contributed by atoms with Crippen molar-refractivity contribution in [1.82, 2.24) is 0 Å². The first-order chi connectivity index (χ1) is 26.1. The minimum atomic E-state index is -0.506. The van der Waals surface area contributed by atoms with Crippen molar-refractivity contribution in [2.75, 3.05) is 9.80 Å². The van der Waals surface area contributed by atoms with Gasteiger partial charge >= 0.3 is 0 Å². The SMILES string of the molecule is Cc1cccc(N(c2cccc(C)c2)c2ccc3c(c2)C2(c4ccccc4-c4ccccc42)c2cc(N(c4ccccc4)c4ccccc4)ccc2-3)c1.